The number of ether oxygens (including phenoxy) is 3. The summed E-state index contributed by atoms with van der Waals surface area (Å²) in [7, 11) is 1.23. The van der Waals surface area contributed by atoms with Gasteiger partial charge in [0.1, 0.15) is 11.4 Å². The molecule has 1 atom stereocenters. The fraction of sp³-hybridized carbons (Fsp3) is 0.360. The Morgan fingerprint density at radius 3 is 2.09 bits per heavy atom. The highest BCUT2D eigenvalue weighted by atomic mass is 16.6. The molecule has 180 valence electrons. The van der Waals surface area contributed by atoms with E-state index in [1.807, 2.05) is 0 Å². The van der Waals surface area contributed by atoms with Gasteiger partial charge in [0.25, 0.3) is 11.8 Å². The van der Waals surface area contributed by atoms with Gasteiger partial charge in [0, 0.05) is 6.54 Å². The minimum Gasteiger partial charge on any atom is -0.494 e. The van der Waals surface area contributed by atoms with Crippen molar-refractivity contribution in [1.29, 1.82) is 0 Å². The van der Waals surface area contributed by atoms with Crippen LogP contribution in [0.4, 0.5) is 4.79 Å². The van der Waals surface area contributed by atoms with Gasteiger partial charge in [-0.05, 0) is 57.0 Å². The maximum Gasteiger partial charge on any atom is 0.408 e. The van der Waals surface area contributed by atoms with Crippen LogP contribution in [0.2, 0.25) is 0 Å². The minimum absolute atomic E-state index is 0.245. The Labute approximate surface area is 198 Å². The highest BCUT2D eigenvalue weighted by molar-refractivity contribution is 6.21. The number of imide groups is 1. The summed E-state index contributed by atoms with van der Waals surface area (Å²) in [4.78, 5) is 50.3. The Bertz CT molecular complexity index is 1040. The van der Waals surface area contributed by atoms with Crippen LogP contribution in [0.15, 0.2) is 48.5 Å². The van der Waals surface area contributed by atoms with E-state index in [0.717, 1.165) is 0 Å². The molecule has 0 bridgehead atoms. The first-order chi connectivity index (χ1) is 16.1. The smallest absolute Gasteiger partial charge is 0.408 e. The average Bonchev–Trinajstić information content (AvgIpc) is 3.04. The minimum atomic E-state index is -1.04. The van der Waals surface area contributed by atoms with Crippen molar-refractivity contribution in [3.05, 3.63) is 65.2 Å². The molecule has 1 unspecified atom stereocenters. The van der Waals surface area contributed by atoms with Crippen LogP contribution in [0.3, 0.4) is 0 Å². The molecule has 0 aromatic heterocycles. The van der Waals surface area contributed by atoms with Crippen molar-refractivity contribution in [3.8, 4) is 5.75 Å². The number of hydrogen-bond acceptors (Lipinski definition) is 7. The van der Waals surface area contributed by atoms with Crippen LogP contribution >= 0.6 is 0 Å². The topological polar surface area (TPSA) is 111 Å². The van der Waals surface area contributed by atoms with Crippen LogP contribution in [0.25, 0.3) is 0 Å². The molecule has 0 saturated carbocycles. The van der Waals surface area contributed by atoms with Crippen molar-refractivity contribution in [1.82, 2.24) is 10.2 Å². The summed E-state index contributed by atoms with van der Waals surface area (Å²) >= 11 is 0. The van der Waals surface area contributed by atoms with Crippen LogP contribution in [0.1, 0.15) is 59.5 Å². The van der Waals surface area contributed by atoms with E-state index >= 15 is 0 Å². The van der Waals surface area contributed by atoms with Gasteiger partial charge in [-0.1, -0.05) is 24.3 Å². The van der Waals surface area contributed by atoms with E-state index in [0.29, 0.717) is 28.9 Å². The first kappa shape index (κ1) is 24.8. The number of esters is 1. The van der Waals surface area contributed by atoms with Gasteiger partial charge >= 0.3 is 12.1 Å². The molecule has 0 saturated heterocycles. The fourth-order valence-corrected chi connectivity index (χ4v) is 3.43. The van der Waals surface area contributed by atoms with Crippen molar-refractivity contribution < 1.29 is 33.4 Å². The third-order valence-corrected chi connectivity index (χ3v) is 4.98. The number of nitrogens with zero attached hydrogens (tertiary/aromatic N) is 1. The lowest BCUT2D eigenvalue weighted by Gasteiger charge is -2.23. The van der Waals surface area contributed by atoms with Gasteiger partial charge in [0.05, 0.1) is 24.8 Å². The number of alkyl carbamates (subject to hydrolysis) is 1. The van der Waals surface area contributed by atoms with Crippen LogP contribution in [-0.4, -0.2) is 54.6 Å². The van der Waals surface area contributed by atoms with Crippen molar-refractivity contribution in [2.24, 2.45) is 0 Å². The summed E-state index contributed by atoms with van der Waals surface area (Å²) in [5.41, 5.74) is 0.625. The molecule has 1 aliphatic rings. The van der Waals surface area contributed by atoms with Gasteiger partial charge in [0.15, 0.2) is 6.04 Å². The predicted molar refractivity (Wildman–Crippen MR) is 122 cm³/mol. The maximum atomic E-state index is 12.4. The molecule has 0 fully saturated rings. The van der Waals surface area contributed by atoms with E-state index in [9.17, 15) is 19.2 Å². The van der Waals surface area contributed by atoms with Crippen LogP contribution in [-0.2, 0) is 14.3 Å². The number of hydrogen-bond donors (Lipinski definition) is 1. The normalized spacial score (nSPS) is 13.8. The number of amides is 3. The Morgan fingerprint density at radius 1 is 0.971 bits per heavy atom. The van der Waals surface area contributed by atoms with Crippen molar-refractivity contribution >= 4 is 23.9 Å². The molecule has 1 aliphatic heterocycles. The number of carbonyl (C=O) groups excluding carboxylic acids is 4. The van der Waals surface area contributed by atoms with E-state index < -0.39 is 23.7 Å². The first-order valence-electron chi connectivity index (χ1n) is 10.9. The SMILES string of the molecule is COC(=O)C(NC(=O)OC(C)(C)C)c1ccc(OCCCN2C(=O)c3ccccc3C2=O)cc1. The largest absolute Gasteiger partial charge is 0.494 e. The Hall–Kier alpha value is -3.88. The summed E-state index contributed by atoms with van der Waals surface area (Å²) in [6, 6.07) is 12.3. The standard InChI is InChI=1S/C25H28N2O7/c1-25(2,3)34-24(31)26-20(23(30)32-4)16-10-12-17(13-11-16)33-15-7-14-27-21(28)18-8-5-6-9-19(18)22(27)29/h5-6,8-13,20H,7,14-15H2,1-4H3,(H,26,31). The van der Waals surface area contributed by atoms with Crippen molar-refractivity contribution in [2.75, 3.05) is 20.3 Å². The first-order valence-corrected chi connectivity index (χ1v) is 10.9. The molecular weight excluding hydrogens is 440 g/mol. The highest BCUT2D eigenvalue weighted by Crippen LogP contribution is 2.23. The van der Waals surface area contributed by atoms with Gasteiger partial charge in [-0.3, -0.25) is 14.5 Å². The lowest BCUT2D eigenvalue weighted by molar-refractivity contribution is -0.143. The van der Waals surface area contributed by atoms with Gasteiger partial charge in [-0.15, -0.1) is 0 Å². The summed E-state index contributed by atoms with van der Waals surface area (Å²) in [6.07, 6.45) is -0.283. The van der Waals surface area contributed by atoms with Crippen LogP contribution in [0.5, 0.6) is 5.75 Å². The molecular formula is C25H28N2O7. The van der Waals surface area contributed by atoms with Gasteiger partial charge in [-0.2, -0.15) is 0 Å². The van der Waals surface area contributed by atoms with E-state index in [2.05, 4.69) is 5.32 Å². The zero-order valence-corrected chi connectivity index (χ0v) is 19.6. The van der Waals surface area contributed by atoms with Crippen LogP contribution in [0, 0.1) is 0 Å². The molecule has 3 rings (SSSR count). The number of rotatable bonds is 8. The molecule has 0 radical (unpaired) electrons. The van der Waals surface area contributed by atoms with E-state index in [-0.39, 0.29) is 25.0 Å². The summed E-state index contributed by atoms with van der Waals surface area (Å²) in [5, 5.41) is 2.51. The van der Waals surface area contributed by atoms with Crippen molar-refractivity contribution in [2.45, 2.75) is 38.8 Å². The maximum absolute atomic E-state index is 12.4. The number of carbonyl (C=O) groups is 4. The second-order valence-corrected chi connectivity index (χ2v) is 8.68. The zero-order valence-electron chi connectivity index (χ0n) is 19.6. The molecule has 1 heterocycles. The average molecular weight is 469 g/mol. The number of methoxy groups -OCH3 is 1. The van der Waals surface area contributed by atoms with E-state index in [1.54, 1.807) is 69.3 Å². The Morgan fingerprint density at radius 2 is 1.56 bits per heavy atom. The van der Waals surface area contributed by atoms with Gasteiger partial charge in [0.2, 0.25) is 0 Å². The Kier molecular flexibility index (Phi) is 7.55. The Balaban J connectivity index is 1.53. The van der Waals surface area contributed by atoms with Crippen molar-refractivity contribution in [3.63, 3.8) is 0 Å². The summed E-state index contributed by atoms with van der Waals surface area (Å²) < 4.78 is 15.7. The molecule has 9 nitrogen and oxygen atoms in total. The monoisotopic (exact) mass is 468 g/mol. The lowest BCUT2D eigenvalue weighted by Crippen LogP contribution is -2.38. The highest BCUT2D eigenvalue weighted by Gasteiger charge is 2.34. The molecule has 0 spiro atoms. The second kappa shape index (κ2) is 10.4. The fourth-order valence-electron chi connectivity index (χ4n) is 3.43. The molecule has 34 heavy (non-hydrogen) atoms. The summed E-state index contributed by atoms with van der Waals surface area (Å²) in [6.45, 7) is 5.69. The number of benzene rings is 2. The molecule has 0 aliphatic carbocycles. The third kappa shape index (κ3) is 5.92. The second-order valence-electron chi connectivity index (χ2n) is 8.68. The zero-order chi connectivity index (χ0) is 24.9. The summed E-state index contributed by atoms with van der Waals surface area (Å²) in [5.74, 6) is -0.694. The quantitative estimate of drug-likeness (QED) is 0.359. The lowest BCUT2D eigenvalue weighted by atomic mass is 10.1. The third-order valence-electron chi connectivity index (χ3n) is 4.98. The van der Waals surface area contributed by atoms with E-state index in [1.165, 1.54) is 12.0 Å². The molecule has 3 amide bonds. The molecule has 2 aromatic carbocycles. The number of nitrogens with one attached hydrogen (secondary N) is 1. The number of fused-ring (bicyclic) bond motifs is 1. The molecule has 1 N–H and O–H groups in total. The van der Waals surface area contributed by atoms with Crippen LogP contribution < -0.4 is 10.1 Å². The van der Waals surface area contributed by atoms with Gasteiger partial charge < -0.3 is 19.5 Å². The van der Waals surface area contributed by atoms with E-state index in [4.69, 9.17) is 14.2 Å². The molecule has 9 heteroatoms. The predicted octanol–water partition coefficient (Wildman–Crippen LogP) is 3.49. The molecule has 2 aromatic rings. The van der Waals surface area contributed by atoms with Gasteiger partial charge in [-0.25, -0.2) is 9.59 Å².